The Kier molecular flexibility index (Phi) is 4.30. The molecular formula is C18H22N4O. The van der Waals surface area contributed by atoms with Crippen LogP contribution < -0.4 is 4.74 Å². The van der Waals surface area contributed by atoms with E-state index in [-0.39, 0.29) is 6.04 Å². The van der Waals surface area contributed by atoms with E-state index in [1.807, 2.05) is 6.92 Å². The Labute approximate surface area is 136 Å². The van der Waals surface area contributed by atoms with Crippen LogP contribution in [0.15, 0.2) is 35.6 Å². The molecule has 120 valence electrons. The van der Waals surface area contributed by atoms with Crippen molar-refractivity contribution in [1.29, 1.82) is 0 Å². The Bertz CT molecular complexity index is 756. The molecule has 0 spiro atoms. The molecule has 1 aromatic carbocycles. The lowest BCUT2D eigenvalue weighted by molar-refractivity contribution is 0.271. The molecule has 0 radical (unpaired) electrons. The van der Waals surface area contributed by atoms with Crippen LogP contribution in [-0.2, 0) is 13.0 Å². The first-order valence-electron chi connectivity index (χ1n) is 8.06. The third kappa shape index (κ3) is 3.20. The first kappa shape index (κ1) is 15.5. The number of hydrogen-bond acceptors (Lipinski definition) is 2. The normalized spacial score (nSPS) is 13.4. The van der Waals surface area contributed by atoms with Gasteiger partial charge in [0.1, 0.15) is 5.75 Å². The predicted molar refractivity (Wildman–Crippen MR) is 91.6 cm³/mol. The maximum Gasteiger partial charge on any atom is 0.119 e. The van der Waals surface area contributed by atoms with Gasteiger partial charge in [0, 0.05) is 29.6 Å². The van der Waals surface area contributed by atoms with Crippen LogP contribution in [0.3, 0.4) is 0 Å². The number of fused-ring (bicyclic) bond motifs is 3. The third-order valence-electron chi connectivity index (χ3n) is 4.06. The molecule has 5 heteroatoms. The van der Waals surface area contributed by atoms with Crippen molar-refractivity contribution in [2.45, 2.75) is 39.8 Å². The van der Waals surface area contributed by atoms with E-state index < -0.39 is 0 Å². The molecule has 0 saturated carbocycles. The second-order valence-corrected chi connectivity index (χ2v) is 6.60. The summed E-state index contributed by atoms with van der Waals surface area (Å²) in [5.74, 6) is 1.42. The van der Waals surface area contributed by atoms with Crippen LogP contribution in [0.25, 0.3) is 21.7 Å². The summed E-state index contributed by atoms with van der Waals surface area (Å²) in [7, 11) is 0. The van der Waals surface area contributed by atoms with E-state index in [0.717, 1.165) is 18.8 Å². The molecule has 3 rings (SSSR count). The highest BCUT2D eigenvalue weighted by atomic mass is 16.5. The molecule has 0 aliphatic heterocycles. The van der Waals surface area contributed by atoms with Crippen molar-refractivity contribution in [3.63, 3.8) is 0 Å². The molecule has 0 N–H and O–H groups in total. The average Bonchev–Trinajstić information content (AvgIpc) is 3.05. The number of benzene rings is 1. The van der Waals surface area contributed by atoms with Crippen LogP contribution in [-0.4, -0.2) is 17.2 Å². The number of rotatable bonds is 6. The second-order valence-electron chi connectivity index (χ2n) is 6.60. The summed E-state index contributed by atoms with van der Waals surface area (Å²) in [6.45, 7) is 7.64. The highest BCUT2D eigenvalue weighted by Gasteiger charge is 2.23. The van der Waals surface area contributed by atoms with Gasteiger partial charge in [-0.1, -0.05) is 32.0 Å². The quantitative estimate of drug-likeness (QED) is 0.366. The molecule has 1 atom stereocenters. The van der Waals surface area contributed by atoms with Gasteiger partial charge in [0.15, 0.2) is 0 Å². The first-order valence-corrected chi connectivity index (χ1v) is 8.06. The third-order valence-corrected chi connectivity index (χ3v) is 4.06. The van der Waals surface area contributed by atoms with E-state index in [9.17, 15) is 0 Å². The molecule has 2 aromatic rings. The monoisotopic (exact) mass is 310 g/mol. The Hall–Kier alpha value is -2.39. The fourth-order valence-corrected chi connectivity index (χ4v) is 3.04. The van der Waals surface area contributed by atoms with Crippen LogP contribution in [0.4, 0.5) is 0 Å². The molecule has 1 aliphatic carbocycles. The van der Waals surface area contributed by atoms with Crippen molar-refractivity contribution < 1.29 is 4.74 Å². The van der Waals surface area contributed by atoms with E-state index in [1.54, 1.807) is 0 Å². The van der Waals surface area contributed by atoms with Gasteiger partial charge in [0.25, 0.3) is 0 Å². The molecule has 1 aliphatic rings. The highest BCUT2D eigenvalue weighted by molar-refractivity contribution is 5.75. The summed E-state index contributed by atoms with van der Waals surface area (Å²) in [4.78, 5) is 2.90. The summed E-state index contributed by atoms with van der Waals surface area (Å²) in [5.41, 5.74) is 13.7. The maximum absolute atomic E-state index is 8.59. The van der Waals surface area contributed by atoms with Gasteiger partial charge in [-0.15, -0.1) is 0 Å². The molecule has 0 amide bonds. The van der Waals surface area contributed by atoms with E-state index in [2.05, 4.69) is 58.9 Å². The van der Waals surface area contributed by atoms with E-state index in [0.29, 0.717) is 12.5 Å². The highest BCUT2D eigenvalue weighted by Crippen LogP contribution is 2.39. The van der Waals surface area contributed by atoms with Gasteiger partial charge in [-0.05, 0) is 40.8 Å². The van der Waals surface area contributed by atoms with Crippen LogP contribution in [0.2, 0.25) is 0 Å². The molecule has 5 nitrogen and oxygen atoms in total. The summed E-state index contributed by atoms with van der Waals surface area (Å²) in [6, 6.07) is 8.44. The average molecular weight is 310 g/mol. The van der Waals surface area contributed by atoms with Gasteiger partial charge in [0.2, 0.25) is 0 Å². The van der Waals surface area contributed by atoms with Crippen molar-refractivity contribution in [2.24, 2.45) is 11.0 Å². The SMILES string of the molecule is CC(C)COc1ccc2c(c1)-c1c(ccn1CC(C)N=[N+]=[N-])C2. The minimum Gasteiger partial charge on any atom is -0.493 e. The van der Waals surface area contributed by atoms with Crippen LogP contribution in [0, 0.1) is 5.92 Å². The van der Waals surface area contributed by atoms with Gasteiger partial charge in [0.05, 0.1) is 18.3 Å². The molecule has 1 aromatic heterocycles. The van der Waals surface area contributed by atoms with Crippen molar-refractivity contribution in [1.82, 2.24) is 4.57 Å². The summed E-state index contributed by atoms with van der Waals surface area (Å²) in [5, 5.41) is 3.78. The fourth-order valence-electron chi connectivity index (χ4n) is 3.04. The van der Waals surface area contributed by atoms with Crippen LogP contribution in [0.1, 0.15) is 31.9 Å². The second kappa shape index (κ2) is 6.39. The lowest BCUT2D eigenvalue weighted by Gasteiger charge is -2.13. The Morgan fingerprint density at radius 1 is 1.26 bits per heavy atom. The predicted octanol–water partition coefficient (Wildman–Crippen LogP) is 4.79. The maximum atomic E-state index is 8.59. The smallest absolute Gasteiger partial charge is 0.119 e. The fraction of sp³-hybridized carbons (Fsp3) is 0.444. The summed E-state index contributed by atoms with van der Waals surface area (Å²) < 4.78 is 8.06. The Balaban J connectivity index is 1.90. The zero-order chi connectivity index (χ0) is 16.4. The van der Waals surface area contributed by atoms with Gasteiger partial charge in [-0.25, -0.2) is 0 Å². The number of hydrogen-bond donors (Lipinski definition) is 0. The minimum absolute atomic E-state index is 0.0686. The van der Waals surface area contributed by atoms with Crippen molar-refractivity contribution >= 4 is 0 Å². The molecule has 0 saturated heterocycles. The zero-order valence-electron chi connectivity index (χ0n) is 13.9. The van der Waals surface area contributed by atoms with Crippen LogP contribution in [0.5, 0.6) is 5.75 Å². The summed E-state index contributed by atoms with van der Waals surface area (Å²) in [6.07, 6.45) is 3.04. The van der Waals surface area contributed by atoms with E-state index in [1.165, 1.54) is 22.4 Å². The Morgan fingerprint density at radius 2 is 2.09 bits per heavy atom. The van der Waals surface area contributed by atoms with Gasteiger partial charge in [-0.2, -0.15) is 0 Å². The number of aromatic nitrogens is 1. The molecule has 0 bridgehead atoms. The molecule has 23 heavy (non-hydrogen) atoms. The Morgan fingerprint density at radius 3 is 2.83 bits per heavy atom. The first-order chi connectivity index (χ1) is 11.1. The number of azide groups is 1. The minimum atomic E-state index is -0.0686. The van der Waals surface area contributed by atoms with Gasteiger partial charge in [-0.3, -0.25) is 0 Å². The van der Waals surface area contributed by atoms with E-state index >= 15 is 0 Å². The topological polar surface area (TPSA) is 62.9 Å². The van der Waals surface area contributed by atoms with Crippen molar-refractivity contribution in [2.75, 3.05) is 6.61 Å². The van der Waals surface area contributed by atoms with Crippen molar-refractivity contribution in [3.05, 3.63) is 52.0 Å². The van der Waals surface area contributed by atoms with Gasteiger partial charge < -0.3 is 9.30 Å². The van der Waals surface area contributed by atoms with E-state index in [4.69, 9.17) is 10.3 Å². The number of ether oxygens (including phenoxy) is 1. The zero-order valence-corrected chi connectivity index (χ0v) is 13.9. The number of nitrogens with zero attached hydrogens (tertiary/aromatic N) is 4. The summed E-state index contributed by atoms with van der Waals surface area (Å²) >= 11 is 0. The van der Waals surface area contributed by atoms with Crippen LogP contribution >= 0.6 is 0 Å². The molecular weight excluding hydrogens is 288 g/mol. The largest absolute Gasteiger partial charge is 0.493 e. The van der Waals surface area contributed by atoms with Crippen molar-refractivity contribution in [3.8, 4) is 17.0 Å². The van der Waals surface area contributed by atoms with Gasteiger partial charge >= 0.3 is 0 Å². The standard InChI is InChI=1S/C18H22N4O/c1-12(2)11-23-16-5-4-14-8-15-6-7-22(10-13(3)20-21-19)18(15)17(14)9-16/h4-7,9,12-13H,8,10-11H2,1-3H3. The molecule has 1 heterocycles. The lowest BCUT2D eigenvalue weighted by atomic mass is 10.1. The molecule has 0 fully saturated rings. The molecule has 1 unspecified atom stereocenters. The lowest BCUT2D eigenvalue weighted by Crippen LogP contribution is -2.10.